The van der Waals surface area contributed by atoms with Crippen molar-refractivity contribution >= 4 is 0 Å². The van der Waals surface area contributed by atoms with Crippen LogP contribution in [-0.4, -0.2) is 4.57 Å². The Bertz CT molecular complexity index is 619. The van der Waals surface area contributed by atoms with E-state index in [4.69, 9.17) is 0 Å². The Morgan fingerprint density at radius 3 is 1.20 bits per heavy atom. The number of aryl methyl sites for hydroxylation is 2. The van der Waals surface area contributed by atoms with Gasteiger partial charge in [-0.3, -0.25) is 0 Å². The Balaban J connectivity index is 2.16. The molecule has 0 saturated heterocycles. The molecule has 0 aromatic carbocycles. The molecular weight excluding hydrogens is 484 g/mol. The largest absolute Gasteiger partial charge is 0.256 e. The molecule has 2 heteroatoms. The van der Waals surface area contributed by atoms with Gasteiger partial charge in [-0.15, -0.1) is 0 Å². The van der Waals surface area contributed by atoms with Gasteiger partial charge in [0.05, 0.1) is 13.1 Å². The van der Waals surface area contributed by atoms with Crippen molar-refractivity contribution in [2.45, 2.75) is 226 Å². The molecule has 1 aromatic heterocycles. The number of rotatable bonds is 32. The Labute approximate surface area is 253 Å². The van der Waals surface area contributed by atoms with E-state index in [1.165, 1.54) is 206 Å². The number of imidazole rings is 1. The molecule has 1 aromatic rings. The summed E-state index contributed by atoms with van der Waals surface area (Å²) in [4.78, 5) is 0. The normalized spacial score (nSPS) is 11.6. The average Bonchev–Trinajstić information content (AvgIpc) is 3.35. The maximum Gasteiger partial charge on any atom is 0.256 e. The van der Waals surface area contributed by atoms with Gasteiger partial charge in [0.25, 0.3) is 5.82 Å². The number of aromatic nitrogens is 2. The van der Waals surface area contributed by atoms with Gasteiger partial charge < -0.3 is 0 Å². The summed E-state index contributed by atoms with van der Waals surface area (Å²) in [5.74, 6) is 1.61. The molecule has 40 heavy (non-hydrogen) atoms. The molecule has 0 atom stereocenters. The molecule has 0 aliphatic heterocycles. The van der Waals surface area contributed by atoms with E-state index < -0.39 is 0 Å². The smallest absolute Gasteiger partial charge is 0.234 e. The van der Waals surface area contributed by atoms with Crippen molar-refractivity contribution in [3.8, 4) is 0 Å². The summed E-state index contributed by atoms with van der Waals surface area (Å²) in [7, 11) is 0. The van der Waals surface area contributed by atoms with Crippen molar-refractivity contribution in [2.75, 3.05) is 0 Å². The van der Waals surface area contributed by atoms with Crippen LogP contribution in [0.2, 0.25) is 0 Å². The number of hydrogen-bond donors (Lipinski definition) is 0. The quantitative estimate of drug-likeness (QED) is 0.0613. The number of unbranched alkanes of at least 4 members (excludes halogenated alkanes) is 26. The molecule has 0 unspecified atom stereocenters. The van der Waals surface area contributed by atoms with Gasteiger partial charge in [0.2, 0.25) is 0 Å². The highest BCUT2D eigenvalue weighted by molar-refractivity contribution is 4.84. The maximum atomic E-state index is 2.62. The van der Waals surface area contributed by atoms with Crippen molar-refractivity contribution in [3.63, 3.8) is 0 Å². The average molecular weight is 560 g/mol. The molecule has 2 nitrogen and oxygen atoms in total. The molecule has 0 spiro atoms. The lowest BCUT2D eigenvalue weighted by atomic mass is 10.0. The van der Waals surface area contributed by atoms with Crippen LogP contribution in [0.15, 0.2) is 12.4 Å². The van der Waals surface area contributed by atoms with E-state index in [9.17, 15) is 0 Å². The minimum atomic E-state index is 1.23. The molecule has 0 saturated carbocycles. The first-order valence-corrected chi connectivity index (χ1v) is 18.9. The van der Waals surface area contributed by atoms with E-state index in [0.717, 1.165) is 0 Å². The van der Waals surface area contributed by atoms with Gasteiger partial charge in [0.1, 0.15) is 12.4 Å². The summed E-state index contributed by atoms with van der Waals surface area (Å²) in [6.07, 6.45) is 47.4. The van der Waals surface area contributed by atoms with Crippen LogP contribution in [0.4, 0.5) is 0 Å². The molecular formula is C38H75N2+. The molecule has 0 fully saturated rings. The minimum absolute atomic E-state index is 1.23. The predicted octanol–water partition coefficient (Wildman–Crippen LogP) is 12.7. The first-order chi connectivity index (χ1) is 19.8. The Morgan fingerprint density at radius 1 is 0.425 bits per heavy atom. The Morgan fingerprint density at radius 2 is 0.775 bits per heavy atom. The van der Waals surface area contributed by atoms with E-state index in [0.29, 0.717) is 0 Å². The number of nitrogens with zero attached hydrogens (tertiary/aromatic N) is 2. The zero-order valence-corrected chi connectivity index (χ0v) is 28.2. The van der Waals surface area contributed by atoms with E-state index in [1.54, 1.807) is 5.82 Å². The van der Waals surface area contributed by atoms with Crippen molar-refractivity contribution < 1.29 is 4.57 Å². The van der Waals surface area contributed by atoms with E-state index >= 15 is 0 Å². The predicted molar refractivity (Wildman–Crippen MR) is 179 cm³/mol. The second kappa shape index (κ2) is 29.7. The summed E-state index contributed by atoms with van der Waals surface area (Å²) in [6.45, 7) is 9.40. The van der Waals surface area contributed by atoms with Gasteiger partial charge in [-0.05, 0) is 32.1 Å². The standard InChI is InChI=1S/C38H75N2/c1-4-7-10-13-15-17-19-20-21-22-23-25-27-29-32-35-40-37-36-39(38(40)33-30-12-9-6-3)34-31-28-26-24-18-16-14-11-8-5-2/h36-37H,4-35H2,1-3H3/q+1. The van der Waals surface area contributed by atoms with Crippen LogP contribution >= 0.6 is 0 Å². The van der Waals surface area contributed by atoms with Gasteiger partial charge >= 0.3 is 0 Å². The Hall–Kier alpha value is -0.790. The highest BCUT2D eigenvalue weighted by atomic mass is 15.1. The molecule has 0 N–H and O–H groups in total. The lowest BCUT2D eigenvalue weighted by Gasteiger charge is -2.07. The fourth-order valence-corrected chi connectivity index (χ4v) is 6.33. The van der Waals surface area contributed by atoms with Gasteiger partial charge in [-0.2, -0.15) is 0 Å². The van der Waals surface area contributed by atoms with Crippen LogP contribution in [0, 0.1) is 0 Å². The molecule has 0 bridgehead atoms. The highest BCUT2D eigenvalue weighted by Crippen LogP contribution is 2.15. The molecule has 0 radical (unpaired) electrons. The fourth-order valence-electron chi connectivity index (χ4n) is 6.33. The monoisotopic (exact) mass is 560 g/mol. The molecule has 0 amide bonds. The number of hydrogen-bond acceptors (Lipinski definition) is 0. The van der Waals surface area contributed by atoms with Crippen molar-refractivity contribution in [1.82, 2.24) is 4.57 Å². The Kier molecular flexibility index (Phi) is 27.6. The van der Waals surface area contributed by atoms with Gasteiger partial charge in [-0.1, -0.05) is 175 Å². The molecule has 1 heterocycles. The lowest BCUT2D eigenvalue weighted by Crippen LogP contribution is -2.37. The zero-order valence-electron chi connectivity index (χ0n) is 28.2. The summed E-state index contributed by atoms with van der Waals surface area (Å²) in [5.41, 5.74) is 0. The maximum absolute atomic E-state index is 2.62. The van der Waals surface area contributed by atoms with Crippen LogP contribution < -0.4 is 4.57 Å². The second-order valence-electron chi connectivity index (χ2n) is 13.0. The molecule has 0 aliphatic carbocycles. The van der Waals surface area contributed by atoms with Crippen LogP contribution in [0.3, 0.4) is 0 Å². The van der Waals surface area contributed by atoms with Crippen molar-refractivity contribution in [1.29, 1.82) is 0 Å². The zero-order chi connectivity index (χ0) is 28.8. The fraction of sp³-hybridized carbons (Fsp3) is 0.921. The molecule has 1 rings (SSSR count). The first kappa shape index (κ1) is 37.2. The molecule has 236 valence electrons. The third-order valence-corrected chi connectivity index (χ3v) is 9.10. The van der Waals surface area contributed by atoms with Crippen LogP contribution in [0.5, 0.6) is 0 Å². The van der Waals surface area contributed by atoms with Gasteiger partial charge in [0, 0.05) is 6.42 Å². The van der Waals surface area contributed by atoms with E-state index in [-0.39, 0.29) is 0 Å². The summed E-state index contributed by atoms with van der Waals surface area (Å²) in [6, 6.07) is 0. The van der Waals surface area contributed by atoms with Crippen LogP contribution in [-0.2, 0) is 19.5 Å². The van der Waals surface area contributed by atoms with Crippen molar-refractivity contribution in [2.24, 2.45) is 0 Å². The SMILES string of the molecule is CCCCCCCCCCCCCCCCC[n+]1ccn(CCCCCCCCCCCC)c1CCCCCC. The topological polar surface area (TPSA) is 8.81 Å². The summed E-state index contributed by atoms with van der Waals surface area (Å²) < 4.78 is 5.23. The highest BCUT2D eigenvalue weighted by Gasteiger charge is 2.16. The lowest BCUT2D eigenvalue weighted by molar-refractivity contribution is -0.704. The van der Waals surface area contributed by atoms with E-state index in [2.05, 4.69) is 42.3 Å². The van der Waals surface area contributed by atoms with Crippen LogP contribution in [0.25, 0.3) is 0 Å². The van der Waals surface area contributed by atoms with Crippen LogP contribution in [0.1, 0.15) is 213 Å². The molecule has 0 aliphatic rings. The summed E-state index contributed by atoms with van der Waals surface area (Å²) in [5, 5.41) is 0. The second-order valence-corrected chi connectivity index (χ2v) is 13.0. The van der Waals surface area contributed by atoms with Crippen molar-refractivity contribution in [3.05, 3.63) is 18.2 Å². The van der Waals surface area contributed by atoms with Gasteiger partial charge in [0.15, 0.2) is 0 Å². The van der Waals surface area contributed by atoms with E-state index in [1.807, 2.05) is 0 Å². The van der Waals surface area contributed by atoms with Gasteiger partial charge in [-0.25, -0.2) is 9.13 Å². The minimum Gasteiger partial charge on any atom is -0.234 e. The third kappa shape index (κ3) is 21.9. The third-order valence-electron chi connectivity index (χ3n) is 9.10. The first-order valence-electron chi connectivity index (χ1n) is 18.9. The summed E-state index contributed by atoms with van der Waals surface area (Å²) >= 11 is 0.